The molecule has 0 aliphatic carbocycles. The number of carboxylic acids is 1. The SMILES string of the molecule is CCC(C)C(N)C(=O)NC(CO)C(=O)NC(Cc1cnc[nH]1)C(=O)NC(CO)C(=O)O. The van der Waals surface area contributed by atoms with Gasteiger partial charge in [0.25, 0.3) is 0 Å². The van der Waals surface area contributed by atoms with Gasteiger partial charge in [-0.15, -0.1) is 0 Å². The fourth-order valence-electron chi connectivity index (χ4n) is 2.53. The van der Waals surface area contributed by atoms with Gasteiger partial charge in [-0.3, -0.25) is 14.4 Å². The van der Waals surface area contributed by atoms with Gasteiger partial charge in [0.05, 0.1) is 25.6 Å². The molecule has 0 aromatic carbocycles. The van der Waals surface area contributed by atoms with Crippen molar-refractivity contribution in [1.29, 1.82) is 0 Å². The van der Waals surface area contributed by atoms with Crippen LogP contribution in [-0.2, 0) is 25.6 Å². The second-order valence-electron chi connectivity index (χ2n) is 7.08. The molecule has 0 spiro atoms. The van der Waals surface area contributed by atoms with Crippen molar-refractivity contribution in [3.63, 3.8) is 0 Å². The number of nitrogens with one attached hydrogen (secondary N) is 4. The minimum Gasteiger partial charge on any atom is -0.480 e. The van der Waals surface area contributed by atoms with Gasteiger partial charge in [-0.1, -0.05) is 20.3 Å². The van der Waals surface area contributed by atoms with E-state index in [0.717, 1.165) is 0 Å². The number of aromatic nitrogens is 2. The molecule has 0 radical (unpaired) electrons. The summed E-state index contributed by atoms with van der Waals surface area (Å²) in [5.74, 6) is -4.01. The summed E-state index contributed by atoms with van der Waals surface area (Å²) in [6, 6.07) is -5.13. The number of H-pyrrole nitrogens is 1. The number of carbonyl (C=O) groups is 4. The van der Waals surface area contributed by atoms with Crippen molar-refractivity contribution in [3.8, 4) is 0 Å². The van der Waals surface area contributed by atoms with Gasteiger partial charge in [-0.05, 0) is 5.92 Å². The molecule has 0 saturated heterocycles. The molecular weight excluding hydrogens is 412 g/mol. The second-order valence-corrected chi connectivity index (χ2v) is 7.08. The first kappa shape index (κ1) is 26.0. The van der Waals surface area contributed by atoms with E-state index in [4.69, 9.17) is 15.9 Å². The number of aliphatic carboxylic acids is 1. The third-order valence-corrected chi connectivity index (χ3v) is 4.78. The van der Waals surface area contributed by atoms with Gasteiger partial charge in [0.15, 0.2) is 0 Å². The highest BCUT2D eigenvalue weighted by Gasteiger charge is 2.31. The zero-order valence-corrected chi connectivity index (χ0v) is 17.4. The zero-order chi connectivity index (χ0) is 23.6. The van der Waals surface area contributed by atoms with Crippen LogP contribution in [0, 0.1) is 5.92 Å². The van der Waals surface area contributed by atoms with E-state index in [1.165, 1.54) is 12.5 Å². The maximum atomic E-state index is 12.6. The number of carboxylic acid groups (broad SMARTS) is 1. The smallest absolute Gasteiger partial charge is 0.328 e. The summed E-state index contributed by atoms with van der Waals surface area (Å²) in [6.45, 7) is 2.01. The number of rotatable bonds is 13. The van der Waals surface area contributed by atoms with Crippen LogP contribution in [0.1, 0.15) is 26.0 Å². The van der Waals surface area contributed by atoms with Crippen molar-refractivity contribution in [2.45, 2.75) is 50.9 Å². The number of aromatic amines is 1. The average Bonchev–Trinajstić information content (AvgIpc) is 3.26. The molecule has 1 aromatic heterocycles. The fourth-order valence-corrected chi connectivity index (χ4v) is 2.53. The number of aliphatic hydroxyl groups is 2. The van der Waals surface area contributed by atoms with Gasteiger partial charge in [-0.2, -0.15) is 0 Å². The minimum absolute atomic E-state index is 0.0895. The molecular formula is C18H30N6O7. The van der Waals surface area contributed by atoms with Gasteiger partial charge < -0.3 is 42.0 Å². The van der Waals surface area contributed by atoms with Gasteiger partial charge in [0.2, 0.25) is 17.7 Å². The largest absolute Gasteiger partial charge is 0.480 e. The Kier molecular flexibility index (Phi) is 10.6. The molecule has 9 N–H and O–H groups in total. The molecule has 0 aliphatic heterocycles. The molecule has 0 fully saturated rings. The summed E-state index contributed by atoms with van der Waals surface area (Å²) in [4.78, 5) is 55.0. The number of aliphatic hydroxyl groups excluding tert-OH is 2. The average molecular weight is 442 g/mol. The van der Waals surface area contributed by atoms with Crippen molar-refractivity contribution in [2.24, 2.45) is 11.7 Å². The Labute approximate surface area is 178 Å². The maximum Gasteiger partial charge on any atom is 0.328 e. The Morgan fingerprint density at radius 1 is 1.03 bits per heavy atom. The van der Waals surface area contributed by atoms with Crippen molar-refractivity contribution >= 4 is 23.7 Å². The van der Waals surface area contributed by atoms with E-state index in [1.54, 1.807) is 6.92 Å². The van der Waals surface area contributed by atoms with Crippen molar-refractivity contribution < 1.29 is 34.5 Å². The molecule has 1 aromatic rings. The first-order chi connectivity index (χ1) is 14.6. The molecule has 174 valence electrons. The summed E-state index contributed by atoms with van der Waals surface area (Å²) >= 11 is 0. The summed E-state index contributed by atoms with van der Waals surface area (Å²) in [5.41, 5.74) is 6.29. The highest BCUT2D eigenvalue weighted by molar-refractivity contribution is 5.94. The third kappa shape index (κ3) is 7.96. The van der Waals surface area contributed by atoms with Gasteiger partial charge in [0.1, 0.15) is 18.1 Å². The van der Waals surface area contributed by atoms with Crippen LogP contribution < -0.4 is 21.7 Å². The summed E-state index contributed by atoms with van der Waals surface area (Å²) in [5, 5.41) is 34.5. The van der Waals surface area contributed by atoms with Gasteiger partial charge in [-0.25, -0.2) is 9.78 Å². The summed E-state index contributed by atoms with van der Waals surface area (Å²) in [6.07, 6.45) is 3.30. The van der Waals surface area contributed by atoms with E-state index >= 15 is 0 Å². The lowest BCUT2D eigenvalue weighted by atomic mass is 9.99. The number of nitrogens with two attached hydrogens (primary N) is 1. The Bertz CT molecular complexity index is 742. The molecule has 13 heteroatoms. The van der Waals surface area contributed by atoms with Crippen LogP contribution in [0.2, 0.25) is 0 Å². The fraction of sp³-hybridized carbons (Fsp3) is 0.611. The molecule has 5 unspecified atom stereocenters. The van der Waals surface area contributed by atoms with E-state index in [0.29, 0.717) is 12.1 Å². The van der Waals surface area contributed by atoms with Crippen LogP contribution in [-0.4, -0.2) is 86.4 Å². The molecule has 0 aliphatic rings. The van der Waals surface area contributed by atoms with E-state index < -0.39 is 61.1 Å². The van der Waals surface area contributed by atoms with E-state index in [9.17, 15) is 24.3 Å². The number of nitrogens with zero attached hydrogens (tertiary/aromatic N) is 1. The van der Waals surface area contributed by atoms with Crippen LogP contribution in [0.4, 0.5) is 0 Å². The quantitative estimate of drug-likeness (QED) is 0.154. The lowest BCUT2D eigenvalue weighted by Gasteiger charge is -2.24. The number of amides is 3. The Balaban J connectivity index is 2.92. The Morgan fingerprint density at radius 3 is 2.06 bits per heavy atom. The predicted octanol–water partition coefficient (Wildman–Crippen LogP) is -3.15. The molecule has 1 heterocycles. The third-order valence-electron chi connectivity index (χ3n) is 4.78. The minimum atomic E-state index is -1.57. The number of hydrogen-bond acceptors (Lipinski definition) is 8. The van der Waals surface area contributed by atoms with Crippen molar-refractivity contribution in [1.82, 2.24) is 25.9 Å². The first-order valence-corrected chi connectivity index (χ1v) is 9.72. The van der Waals surface area contributed by atoms with Crippen LogP contribution in [0.3, 0.4) is 0 Å². The topological polar surface area (TPSA) is 220 Å². The first-order valence-electron chi connectivity index (χ1n) is 9.72. The molecule has 31 heavy (non-hydrogen) atoms. The number of imidazole rings is 1. The highest BCUT2D eigenvalue weighted by atomic mass is 16.4. The molecule has 13 nitrogen and oxygen atoms in total. The Morgan fingerprint density at radius 2 is 1.58 bits per heavy atom. The second kappa shape index (κ2) is 12.6. The van der Waals surface area contributed by atoms with Gasteiger partial charge in [0, 0.05) is 18.3 Å². The van der Waals surface area contributed by atoms with Crippen molar-refractivity contribution in [3.05, 3.63) is 18.2 Å². The lowest BCUT2D eigenvalue weighted by Crippen LogP contribution is -2.59. The van der Waals surface area contributed by atoms with Crippen LogP contribution in [0.5, 0.6) is 0 Å². The van der Waals surface area contributed by atoms with Crippen LogP contribution >= 0.6 is 0 Å². The van der Waals surface area contributed by atoms with Gasteiger partial charge >= 0.3 is 5.97 Å². The van der Waals surface area contributed by atoms with Crippen LogP contribution in [0.25, 0.3) is 0 Å². The zero-order valence-electron chi connectivity index (χ0n) is 17.4. The van der Waals surface area contributed by atoms with E-state index in [2.05, 4.69) is 25.9 Å². The summed E-state index contributed by atoms with van der Waals surface area (Å²) < 4.78 is 0. The van der Waals surface area contributed by atoms with Crippen LogP contribution in [0.15, 0.2) is 12.5 Å². The van der Waals surface area contributed by atoms with Crippen molar-refractivity contribution in [2.75, 3.05) is 13.2 Å². The predicted molar refractivity (Wildman–Crippen MR) is 107 cm³/mol. The highest BCUT2D eigenvalue weighted by Crippen LogP contribution is 2.06. The number of hydrogen-bond donors (Lipinski definition) is 8. The molecule has 0 bridgehead atoms. The standard InChI is InChI=1S/C18H30N6O7/c1-3-9(2)14(19)17(29)23-12(6-25)16(28)22-11(4-10-5-20-8-21-10)15(27)24-13(7-26)18(30)31/h5,8-9,11-14,25-26H,3-4,6-7,19H2,1-2H3,(H,20,21)(H,22,28)(H,23,29)(H,24,27)(H,30,31). The normalized spacial score (nSPS) is 15.8. The Hall–Kier alpha value is -3.03. The molecule has 0 saturated carbocycles. The van der Waals surface area contributed by atoms with E-state index in [1.807, 2.05) is 6.92 Å². The molecule has 1 rings (SSSR count). The monoisotopic (exact) mass is 442 g/mol. The maximum absolute atomic E-state index is 12.6. The van der Waals surface area contributed by atoms with E-state index in [-0.39, 0.29) is 12.3 Å². The number of carbonyl (C=O) groups excluding carboxylic acids is 3. The molecule has 5 atom stereocenters. The molecule has 3 amide bonds. The summed E-state index contributed by atoms with van der Waals surface area (Å²) in [7, 11) is 0. The lowest BCUT2D eigenvalue weighted by molar-refractivity contribution is -0.143.